The zero-order valence-electron chi connectivity index (χ0n) is 22.2. The number of carbonyl (C=O) groups is 1. The first-order chi connectivity index (χ1) is 18.7. The molecule has 210 valence electrons. The monoisotopic (exact) mass is 543 g/mol. The van der Waals surface area contributed by atoms with Crippen molar-refractivity contribution >= 4 is 28.7 Å². The van der Waals surface area contributed by atoms with Crippen molar-refractivity contribution in [3.63, 3.8) is 0 Å². The Balaban J connectivity index is 1.36. The van der Waals surface area contributed by atoms with Crippen LogP contribution in [-0.2, 0) is 9.53 Å². The fourth-order valence-electron chi connectivity index (χ4n) is 5.11. The Morgan fingerprint density at radius 2 is 1.79 bits per heavy atom. The second kappa shape index (κ2) is 11.4. The van der Waals surface area contributed by atoms with Crippen LogP contribution in [0.2, 0.25) is 0 Å². The summed E-state index contributed by atoms with van der Waals surface area (Å²) in [6, 6.07) is 8.79. The quantitative estimate of drug-likeness (QED) is 0.396. The molecule has 1 aromatic carbocycles. The summed E-state index contributed by atoms with van der Waals surface area (Å²) in [7, 11) is 0. The molecule has 12 heteroatoms. The molecular weight excluding hydrogens is 508 g/mol. The largest absolute Gasteiger partial charge is 0.381 e. The Labute approximate surface area is 225 Å². The third kappa shape index (κ3) is 6.27. The molecule has 0 spiro atoms. The van der Waals surface area contributed by atoms with Crippen molar-refractivity contribution in [3.05, 3.63) is 36.2 Å². The first kappa shape index (κ1) is 27.2. The molecule has 2 aliphatic rings. The topological polar surface area (TPSA) is 117 Å². The van der Waals surface area contributed by atoms with Crippen LogP contribution in [0.25, 0.3) is 16.9 Å². The fourth-order valence-corrected chi connectivity index (χ4v) is 5.11. The van der Waals surface area contributed by atoms with E-state index in [1.54, 1.807) is 30.3 Å². The van der Waals surface area contributed by atoms with E-state index in [4.69, 9.17) is 9.72 Å². The van der Waals surface area contributed by atoms with Crippen molar-refractivity contribution in [1.82, 2.24) is 24.8 Å². The third-order valence-corrected chi connectivity index (χ3v) is 7.33. The van der Waals surface area contributed by atoms with Crippen LogP contribution in [0.1, 0.15) is 51.8 Å². The number of imidazole rings is 1. The van der Waals surface area contributed by atoms with Crippen LogP contribution in [-0.4, -0.2) is 75.0 Å². The maximum atomic E-state index is 14.1. The number of amides is 1. The number of aromatic nitrogens is 4. The minimum Gasteiger partial charge on any atom is -0.381 e. The zero-order chi connectivity index (χ0) is 27.6. The van der Waals surface area contributed by atoms with Crippen LogP contribution in [0.5, 0.6) is 0 Å². The number of nitrogens with zero attached hydrogens (tertiary/aromatic N) is 5. The van der Waals surface area contributed by atoms with Gasteiger partial charge in [-0.05, 0) is 57.6 Å². The summed E-state index contributed by atoms with van der Waals surface area (Å²) in [5, 5.41) is 16.2. The number of aliphatic hydroxyl groups is 1. The smallest absolute Gasteiger partial charge is 0.296 e. The second-order valence-electron chi connectivity index (χ2n) is 10.7. The number of benzene rings is 1. The van der Waals surface area contributed by atoms with Crippen LogP contribution in [0.3, 0.4) is 0 Å². The number of halogens is 2. The average Bonchev–Trinajstić information content (AvgIpc) is 3.33. The first-order valence-electron chi connectivity index (χ1n) is 13.4. The SMILES string of the molecule is CC(C)(O)C(=O)N[C@H]1CC[C@H](CNc2nc(N3CCOCC3)cc(-n3c(C(F)F)nc4ccccc43)n2)CC1. The number of hydrogen-bond acceptors (Lipinski definition) is 8. The number of carbonyl (C=O) groups excluding carboxylic acids is 1. The molecule has 3 N–H and O–H groups in total. The van der Waals surface area contributed by atoms with Crippen molar-refractivity contribution in [2.24, 2.45) is 5.92 Å². The summed E-state index contributed by atoms with van der Waals surface area (Å²) in [4.78, 5) is 27.7. The molecule has 1 saturated heterocycles. The Kier molecular flexibility index (Phi) is 7.94. The Hall–Kier alpha value is -3.38. The van der Waals surface area contributed by atoms with Crippen LogP contribution >= 0.6 is 0 Å². The van der Waals surface area contributed by atoms with E-state index in [0.717, 1.165) is 25.7 Å². The first-order valence-corrected chi connectivity index (χ1v) is 13.4. The van der Waals surface area contributed by atoms with Gasteiger partial charge in [0, 0.05) is 31.7 Å². The number of hydrogen-bond donors (Lipinski definition) is 3. The highest BCUT2D eigenvalue weighted by Crippen LogP contribution is 2.30. The van der Waals surface area contributed by atoms with Crippen LogP contribution in [0, 0.1) is 5.92 Å². The van der Waals surface area contributed by atoms with Crippen LogP contribution < -0.4 is 15.5 Å². The van der Waals surface area contributed by atoms with Crippen LogP contribution in [0.4, 0.5) is 20.5 Å². The van der Waals surface area contributed by atoms with Gasteiger partial charge >= 0.3 is 0 Å². The van der Waals surface area contributed by atoms with Gasteiger partial charge in [-0.1, -0.05) is 12.1 Å². The van der Waals surface area contributed by atoms with Gasteiger partial charge in [0.2, 0.25) is 5.95 Å². The molecule has 2 aromatic heterocycles. The average molecular weight is 544 g/mol. The van der Waals surface area contributed by atoms with E-state index in [1.165, 1.54) is 18.4 Å². The molecule has 2 fully saturated rings. The van der Waals surface area contributed by atoms with Gasteiger partial charge in [0.25, 0.3) is 12.3 Å². The lowest BCUT2D eigenvalue weighted by Gasteiger charge is -2.31. The Morgan fingerprint density at radius 3 is 2.49 bits per heavy atom. The molecule has 3 heterocycles. The van der Waals surface area contributed by atoms with E-state index in [-0.39, 0.29) is 17.8 Å². The van der Waals surface area contributed by atoms with Crippen LogP contribution in [0.15, 0.2) is 30.3 Å². The number of nitrogens with one attached hydrogen (secondary N) is 2. The molecule has 1 amide bonds. The van der Waals surface area contributed by atoms with Crippen molar-refractivity contribution in [1.29, 1.82) is 0 Å². The second-order valence-corrected chi connectivity index (χ2v) is 10.7. The molecule has 0 atom stereocenters. The molecule has 3 aromatic rings. The van der Waals surface area contributed by atoms with E-state index in [0.29, 0.717) is 67.4 Å². The molecule has 1 aliphatic heterocycles. The predicted molar refractivity (Wildman–Crippen MR) is 143 cm³/mol. The van der Waals surface area contributed by atoms with Gasteiger partial charge in [-0.25, -0.2) is 13.8 Å². The van der Waals surface area contributed by atoms with Gasteiger partial charge in [-0.3, -0.25) is 9.36 Å². The highest BCUT2D eigenvalue weighted by molar-refractivity contribution is 5.84. The molecule has 1 saturated carbocycles. The molecule has 1 aliphatic carbocycles. The number of morpholine rings is 1. The van der Waals surface area contributed by atoms with Crippen molar-refractivity contribution < 1.29 is 23.4 Å². The van der Waals surface area contributed by atoms with Gasteiger partial charge in [-0.15, -0.1) is 0 Å². The molecule has 0 bridgehead atoms. The summed E-state index contributed by atoms with van der Waals surface area (Å²) < 4.78 is 35.0. The maximum Gasteiger partial charge on any atom is 0.296 e. The van der Waals surface area contributed by atoms with Crippen molar-refractivity contribution in [2.75, 3.05) is 43.1 Å². The highest BCUT2D eigenvalue weighted by atomic mass is 19.3. The summed E-state index contributed by atoms with van der Waals surface area (Å²) in [5.74, 6) is 0.952. The van der Waals surface area contributed by atoms with Gasteiger partial charge in [0.1, 0.15) is 17.2 Å². The van der Waals surface area contributed by atoms with Gasteiger partial charge in [-0.2, -0.15) is 9.97 Å². The molecule has 5 rings (SSSR count). The van der Waals surface area contributed by atoms with E-state index in [2.05, 4.69) is 25.5 Å². The fraction of sp³-hybridized carbons (Fsp3) is 0.556. The van der Waals surface area contributed by atoms with E-state index in [1.807, 2.05) is 0 Å². The summed E-state index contributed by atoms with van der Waals surface area (Å²) in [6.45, 7) is 5.98. The normalized spacial score (nSPS) is 20.4. The minimum atomic E-state index is -2.78. The standard InChI is InChI=1S/C27H35F2N7O3/c1-27(2,38)25(37)31-18-9-7-17(8-10-18)16-30-26-33-21(35-11-13-39-14-12-35)15-22(34-26)36-20-6-4-3-5-19(20)32-24(36)23(28)29/h3-6,15,17-18,23,38H,7-14,16H2,1-2H3,(H,31,37)(H,30,33,34)/t17-,18-. The lowest BCUT2D eigenvalue weighted by atomic mass is 9.85. The Morgan fingerprint density at radius 1 is 1.10 bits per heavy atom. The number of fused-ring (bicyclic) bond motifs is 1. The highest BCUT2D eigenvalue weighted by Gasteiger charge is 2.29. The predicted octanol–water partition coefficient (Wildman–Crippen LogP) is 3.45. The number of rotatable bonds is 8. The lowest BCUT2D eigenvalue weighted by molar-refractivity contribution is -0.137. The number of ether oxygens (including phenoxy) is 1. The number of para-hydroxylation sites is 2. The van der Waals surface area contributed by atoms with E-state index >= 15 is 0 Å². The maximum absolute atomic E-state index is 14.1. The van der Waals surface area contributed by atoms with Crippen molar-refractivity contribution in [2.45, 2.75) is 57.6 Å². The molecular formula is C27H35F2N7O3. The number of anilines is 2. The van der Waals surface area contributed by atoms with Gasteiger partial charge in [0.05, 0.1) is 24.2 Å². The van der Waals surface area contributed by atoms with Gasteiger partial charge in [0.15, 0.2) is 5.82 Å². The molecule has 0 radical (unpaired) electrons. The lowest BCUT2D eigenvalue weighted by Crippen LogP contribution is -2.47. The summed E-state index contributed by atoms with van der Waals surface area (Å²) >= 11 is 0. The molecule has 39 heavy (non-hydrogen) atoms. The Bertz CT molecular complexity index is 1300. The zero-order valence-corrected chi connectivity index (χ0v) is 22.2. The van der Waals surface area contributed by atoms with E-state index in [9.17, 15) is 18.7 Å². The van der Waals surface area contributed by atoms with Crippen molar-refractivity contribution in [3.8, 4) is 5.82 Å². The molecule has 0 unspecified atom stereocenters. The number of alkyl halides is 2. The summed E-state index contributed by atoms with van der Waals surface area (Å²) in [6.07, 6.45) is 0.630. The minimum absolute atomic E-state index is 0.0370. The third-order valence-electron chi connectivity index (χ3n) is 7.33. The van der Waals surface area contributed by atoms with E-state index < -0.39 is 12.0 Å². The van der Waals surface area contributed by atoms with Gasteiger partial charge < -0.3 is 25.4 Å². The summed E-state index contributed by atoms with van der Waals surface area (Å²) in [5.41, 5.74) is -0.372. The molecule has 10 nitrogen and oxygen atoms in total.